The third-order valence-corrected chi connectivity index (χ3v) is 3.09. The van der Waals surface area contributed by atoms with Gasteiger partial charge in [-0.05, 0) is 37.6 Å². The standard InChI is InChI=1S/C16H19FN2/c1-3-18-15(16-14(17)8-5-9-19-16)11-13-7-4-6-12(2)10-13/h4-10,15,18H,3,11H2,1-2H3. The third-order valence-electron chi connectivity index (χ3n) is 3.09. The summed E-state index contributed by atoms with van der Waals surface area (Å²) < 4.78 is 13.8. The molecule has 0 bridgehead atoms. The van der Waals surface area contributed by atoms with E-state index < -0.39 is 0 Å². The van der Waals surface area contributed by atoms with Crippen LogP contribution in [0.1, 0.15) is 29.8 Å². The molecule has 0 spiro atoms. The van der Waals surface area contributed by atoms with Crippen LogP contribution in [0.4, 0.5) is 4.39 Å². The van der Waals surface area contributed by atoms with E-state index >= 15 is 0 Å². The molecule has 0 amide bonds. The zero-order valence-corrected chi connectivity index (χ0v) is 11.4. The SMILES string of the molecule is CCNC(Cc1cccc(C)c1)c1ncccc1F. The molecule has 1 heterocycles. The molecule has 0 radical (unpaired) electrons. The number of hydrogen-bond donors (Lipinski definition) is 1. The van der Waals surface area contributed by atoms with Crippen LogP contribution < -0.4 is 5.32 Å². The van der Waals surface area contributed by atoms with Crippen LogP contribution in [0, 0.1) is 12.7 Å². The molecule has 1 N–H and O–H groups in total. The first-order valence-electron chi connectivity index (χ1n) is 6.60. The van der Waals surface area contributed by atoms with Gasteiger partial charge in [0.2, 0.25) is 0 Å². The minimum absolute atomic E-state index is 0.0898. The number of rotatable bonds is 5. The zero-order chi connectivity index (χ0) is 13.7. The van der Waals surface area contributed by atoms with Crippen molar-refractivity contribution in [1.82, 2.24) is 10.3 Å². The highest BCUT2D eigenvalue weighted by Crippen LogP contribution is 2.19. The number of pyridine rings is 1. The van der Waals surface area contributed by atoms with Gasteiger partial charge in [0, 0.05) is 6.20 Å². The summed E-state index contributed by atoms with van der Waals surface area (Å²) in [5, 5.41) is 3.31. The molecule has 0 aliphatic rings. The summed E-state index contributed by atoms with van der Waals surface area (Å²) in [6, 6.07) is 11.3. The zero-order valence-electron chi connectivity index (χ0n) is 11.4. The Bertz CT molecular complexity index is 540. The number of halogens is 1. The predicted molar refractivity (Wildman–Crippen MR) is 75.5 cm³/mol. The van der Waals surface area contributed by atoms with Crippen molar-refractivity contribution in [3.8, 4) is 0 Å². The number of aromatic nitrogens is 1. The van der Waals surface area contributed by atoms with E-state index in [1.165, 1.54) is 17.2 Å². The summed E-state index contributed by atoms with van der Waals surface area (Å²) in [5.41, 5.74) is 2.90. The molecule has 1 unspecified atom stereocenters. The van der Waals surface area contributed by atoms with Gasteiger partial charge >= 0.3 is 0 Å². The van der Waals surface area contributed by atoms with Gasteiger partial charge in [-0.25, -0.2) is 4.39 Å². The van der Waals surface area contributed by atoms with Crippen LogP contribution in [0.5, 0.6) is 0 Å². The Morgan fingerprint density at radius 3 is 2.79 bits per heavy atom. The Balaban J connectivity index is 2.24. The van der Waals surface area contributed by atoms with Crippen molar-refractivity contribution in [3.63, 3.8) is 0 Å². The number of nitrogens with zero attached hydrogens (tertiary/aromatic N) is 1. The van der Waals surface area contributed by atoms with E-state index in [0.29, 0.717) is 5.69 Å². The maximum Gasteiger partial charge on any atom is 0.146 e. The molecule has 0 saturated carbocycles. The topological polar surface area (TPSA) is 24.9 Å². The molecule has 1 atom stereocenters. The molecule has 0 saturated heterocycles. The second-order valence-electron chi connectivity index (χ2n) is 4.67. The molecule has 1 aromatic heterocycles. The van der Waals surface area contributed by atoms with Gasteiger partial charge in [-0.2, -0.15) is 0 Å². The highest BCUT2D eigenvalue weighted by molar-refractivity contribution is 5.25. The summed E-state index contributed by atoms with van der Waals surface area (Å²) in [6.45, 7) is 4.86. The molecular weight excluding hydrogens is 239 g/mol. The quantitative estimate of drug-likeness (QED) is 0.888. The normalized spacial score (nSPS) is 12.4. The molecule has 2 aromatic rings. The van der Waals surface area contributed by atoms with Crippen LogP contribution in [-0.4, -0.2) is 11.5 Å². The van der Waals surface area contributed by atoms with Gasteiger partial charge in [0.1, 0.15) is 5.82 Å². The summed E-state index contributed by atoms with van der Waals surface area (Å²) in [4.78, 5) is 4.18. The van der Waals surface area contributed by atoms with Crippen LogP contribution in [0.25, 0.3) is 0 Å². The monoisotopic (exact) mass is 258 g/mol. The van der Waals surface area contributed by atoms with Gasteiger partial charge in [0.05, 0.1) is 11.7 Å². The van der Waals surface area contributed by atoms with Crippen molar-refractivity contribution < 1.29 is 4.39 Å². The molecule has 0 aliphatic carbocycles. The average Bonchev–Trinajstić information content (AvgIpc) is 2.39. The molecule has 2 nitrogen and oxygen atoms in total. The van der Waals surface area contributed by atoms with Crippen molar-refractivity contribution in [3.05, 3.63) is 65.2 Å². The molecule has 100 valence electrons. The highest BCUT2D eigenvalue weighted by atomic mass is 19.1. The van der Waals surface area contributed by atoms with Crippen LogP contribution in [-0.2, 0) is 6.42 Å². The lowest BCUT2D eigenvalue weighted by Crippen LogP contribution is -2.25. The largest absolute Gasteiger partial charge is 0.309 e. The lowest BCUT2D eigenvalue weighted by Gasteiger charge is -2.18. The Hall–Kier alpha value is -1.74. The first-order chi connectivity index (χ1) is 9.20. The van der Waals surface area contributed by atoms with Gasteiger partial charge in [0.25, 0.3) is 0 Å². The van der Waals surface area contributed by atoms with Crippen molar-refractivity contribution in [1.29, 1.82) is 0 Å². The first kappa shape index (κ1) is 13.7. The van der Waals surface area contributed by atoms with Crippen LogP contribution in [0.3, 0.4) is 0 Å². The van der Waals surface area contributed by atoms with Crippen molar-refractivity contribution in [2.45, 2.75) is 26.3 Å². The van der Waals surface area contributed by atoms with Gasteiger partial charge in [0.15, 0.2) is 0 Å². The Kier molecular flexibility index (Phi) is 4.63. The highest BCUT2D eigenvalue weighted by Gasteiger charge is 2.16. The number of benzene rings is 1. The van der Waals surface area contributed by atoms with Crippen LogP contribution in [0.2, 0.25) is 0 Å². The third kappa shape index (κ3) is 3.61. The van der Waals surface area contributed by atoms with Crippen molar-refractivity contribution in [2.24, 2.45) is 0 Å². The fourth-order valence-corrected chi connectivity index (χ4v) is 2.24. The fourth-order valence-electron chi connectivity index (χ4n) is 2.24. The first-order valence-corrected chi connectivity index (χ1v) is 6.60. The Morgan fingerprint density at radius 2 is 2.11 bits per heavy atom. The van der Waals surface area contributed by atoms with E-state index in [1.807, 2.05) is 13.0 Å². The van der Waals surface area contributed by atoms with Gasteiger partial charge in [-0.3, -0.25) is 4.98 Å². The maximum atomic E-state index is 13.8. The summed E-state index contributed by atoms with van der Waals surface area (Å²) >= 11 is 0. The minimum atomic E-state index is -0.249. The predicted octanol–water partition coefficient (Wildman–Crippen LogP) is 3.42. The number of nitrogens with one attached hydrogen (secondary N) is 1. The van der Waals surface area contributed by atoms with E-state index in [0.717, 1.165) is 13.0 Å². The molecule has 0 fully saturated rings. The smallest absolute Gasteiger partial charge is 0.146 e. The van der Waals surface area contributed by atoms with E-state index in [4.69, 9.17) is 0 Å². The second-order valence-corrected chi connectivity index (χ2v) is 4.67. The molecular formula is C16H19FN2. The Labute approximate surface area is 113 Å². The Morgan fingerprint density at radius 1 is 1.26 bits per heavy atom. The van der Waals surface area contributed by atoms with Gasteiger partial charge in [-0.1, -0.05) is 36.8 Å². The molecule has 2 rings (SSSR count). The van der Waals surface area contributed by atoms with Gasteiger partial charge < -0.3 is 5.32 Å². The van der Waals surface area contributed by atoms with E-state index in [9.17, 15) is 4.39 Å². The van der Waals surface area contributed by atoms with Crippen LogP contribution in [0.15, 0.2) is 42.6 Å². The van der Waals surface area contributed by atoms with Crippen molar-refractivity contribution >= 4 is 0 Å². The molecule has 1 aromatic carbocycles. The molecule has 3 heteroatoms. The average molecular weight is 258 g/mol. The van der Waals surface area contributed by atoms with Crippen molar-refractivity contribution in [2.75, 3.05) is 6.54 Å². The molecule has 0 aliphatic heterocycles. The summed E-state index contributed by atoms with van der Waals surface area (Å²) in [6.07, 6.45) is 2.38. The van der Waals surface area contributed by atoms with Crippen LogP contribution >= 0.6 is 0 Å². The summed E-state index contributed by atoms with van der Waals surface area (Å²) in [7, 11) is 0. The number of likely N-dealkylation sites (N-methyl/N-ethyl adjacent to an activating group) is 1. The fraction of sp³-hybridized carbons (Fsp3) is 0.312. The van der Waals surface area contributed by atoms with E-state index in [2.05, 4.69) is 35.4 Å². The molecule has 19 heavy (non-hydrogen) atoms. The maximum absolute atomic E-state index is 13.8. The second kappa shape index (κ2) is 6.43. The number of hydrogen-bond acceptors (Lipinski definition) is 2. The minimum Gasteiger partial charge on any atom is -0.309 e. The lowest BCUT2D eigenvalue weighted by atomic mass is 10.0. The van der Waals surface area contributed by atoms with E-state index in [1.54, 1.807) is 12.3 Å². The summed E-state index contributed by atoms with van der Waals surface area (Å²) in [5.74, 6) is -0.249. The number of aryl methyl sites for hydroxylation is 1. The van der Waals surface area contributed by atoms with Gasteiger partial charge in [-0.15, -0.1) is 0 Å². The van der Waals surface area contributed by atoms with E-state index in [-0.39, 0.29) is 11.9 Å². The lowest BCUT2D eigenvalue weighted by molar-refractivity contribution is 0.494.